The number of hydrogen-bond donors (Lipinski definition) is 1. The first kappa shape index (κ1) is 15.0. The van der Waals surface area contributed by atoms with Gasteiger partial charge >= 0.3 is 0 Å². The Balaban J connectivity index is 2.05. The van der Waals surface area contributed by atoms with E-state index in [0.717, 1.165) is 19.0 Å². The zero-order valence-electron chi connectivity index (χ0n) is 12.0. The summed E-state index contributed by atoms with van der Waals surface area (Å²) in [6, 6.07) is 0.428. The lowest BCUT2D eigenvalue weighted by molar-refractivity contribution is 0.276. The summed E-state index contributed by atoms with van der Waals surface area (Å²) in [4.78, 5) is 2.47. The molecule has 1 saturated carbocycles. The van der Waals surface area contributed by atoms with Crippen LogP contribution in [0.1, 0.15) is 65.2 Å². The van der Waals surface area contributed by atoms with Crippen LogP contribution in [0.15, 0.2) is 0 Å². The van der Waals surface area contributed by atoms with Crippen molar-refractivity contribution in [3.63, 3.8) is 0 Å². The normalized spacial score (nSPS) is 19.8. The molecular weight excluding hydrogens is 208 g/mol. The minimum absolute atomic E-state index is 0.428. The molecule has 0 heterocycles. The highest BCUT2D eigenvalue weighted by atomic mass is 15.1. The zero-order valence-corrected chi connectivity index (χ0v) is 12.0. The van der Waals surface area contributed by atoms with E-state index in [0.29, 0.717) is 6.04 Å². The van der Waals surface area contributed by atoms with E-state index in [1.165, 1.54) is 57.9 Å². The fourth-order valence-corrected chi connectivity index (χ4v) is 2.96. The van der Waals surface area contributed by atoms with Gasteiger partial charge in [-0.1, -0.05) is 46.0 Å². The monoisotopic (exact) mass is 240 g/mol. The molecule has 1 atom stereocenters. The van der Waals surface area contributed by atoms with Crippen molar-refractivity contribution < 1.29 is 0 Å². The molecule has 0 saturated heterocycles. The summed E-state index contributed by atoms with van der Waals surface area (Å²) in [5, 5.41) is 0. The Morgan fingerprint density at radius 3 is 2.29 bits per heavy atom. The van der Waals surface area contributed by atoms with Gasteiger partial charge in [-0.3, -0.25) is 0 Å². The Bertz CT molecular complexity index is 172. The van der Waals surface area contributed by atoms with Crippen LogP contribution in [0.3, 0.4) is 0 Å². The summed E-state index contributed by atoms with van der Waals surface area (Å²) in [7, 11) is 0. The van der Waals surface area contributed by atoms with Crippen molar-refractivity contribution in [1.82, 2.24) is 4.90 Å². The smallest absolute Gasteiger partial charge is 0.00511 e. The molecular formula is C15H32N2. The maximum absolute atomic E-state index is 6.22. The van der Waals surface area contributed by atoms with Gasteiger partial charge in [-0.15, -0.1) is 0 Å². The van der Waals surface area contributed by atoms with Crippen LogP contribution >= 0.6 is 0 Å². The number of rotatable bonds is 8. The summed E-state index contributed by atoms with van der Waals surface area (Å²) in [5.41, 5.74) is 6.22. The summed E-state index contributed by atoms with van der Waals surface area (Å²) < 4.78 is 0. The molecule has 0 aromatic heterocycles. The van der Waals surface area contributed by atoms with Crippen molar-refractivity contribution in [2.75, 3.05) is 19.6 Å². The molecule has 0 bridgehead atoms. The lowest BCUT2D eigenvalue weighted by Crippen LogP contribution is -2.30. The molecule has 0 aromatic carbocycles. The number of hydrogen-bond acceptors (Lipinski definition) is 2. The molecule has 0 amide bonds. The van der Waals surface area contributed by atoms with E-state index in [4.69, 9.17) is 5.73 Å². The summed E-state index contributed by atoms with van der Waals surface area (Å²) in [5.74, 6) is 0.989. The van der Waals surface area contributed by atoms with E-state index >= 15 is 0 Å². The Hall–Kier alpha value is -0.0800. The van der Waals surface area contributed by atoms with Crippen LogP contribution in [0.4, 0.5) is 0 Å². The number of nitrogens with two attached hydrogens (primary N) is 1. The topological polar surface area (TPSA) is 29.3 Å². The molecule has 0 aromatic rings. The number of nitrogens with zero attached hydrogens (tertiary/aromatic N) is 1. The molecule has 2 heteroatoms. The van der Waals surface area contributed by atoms with Crippen LogP contribution < -0.4 is 5.73 Å². The lowest BCUT2D eigenvalue weighted by Gasteiger charge is -2.24. The average Bonchev–Trinajstić information content (AvgIpc) is 2.39. The summed E-state index contributed by atoms with van der Waals surface area (Å²) >= 11 is 0. The molecule has 1 aliphatic carbocycles. The van der Waals surface area contributed by atoms with Gasteiger partial charge < -0.3 is 10.6 Å². The fraction of sp³-hybridized carbons (Fsp3) is 1.00. The third kappa shape index (κ3) is 6.42. The lowest BCUT2D eigenvalue weighted by atomic mass is 9.85. The highest BCUT2D eigenvalue weighted by Crippen LogP contribution is 2.27. The first-order valence-electron chi connectivity index (χ1n) is 7.74. The van der Waals surface area contributed by atoms with Crippen molar-refractivity contribution in [2.45, 2.75) is 71.3 Å². The van der Waals surface area contributed by atoms with Crippen LogP contribution in [0, 0.1) is 5.92 Å². The van der Waals surface area contributed by atoms with Gasteiger partial charge in [0.05, 0.1) is 0 Å². The molecule has 0 radical (unpaired) electrons. The molecule has 1 unspecified atom stereocenters. The highest BCUT2D eigenvalue weighted by molar-refractivity contribution is 4.70. The maximum atomic E-state index is 6.22. The molecule has 1 rings (SSSR count). The van der Waals surface area contributed by atoms with Gasteiger partial charge in [-0.2, -0.15) is 0 Å². The SMILES string of the molecule is CCN(CC)CCC(N)CCC1CCCCC1. The summed E-state index contributed by atoms with van der Waals surface area (Å²) in [6.07, 6.45) is 11.1. The Morgan fingerprint density at radius 1 is 1.06 bits per heavy atom. The minimum atomic E-state index is 0.428. The summed E-state index contributed by atoms with van der Waals surface area (Å²) in [6.45, 7) is 7.96. The second-order valence-electron chi connectivity index (χ2n) is 5.66. The van der Waals surface area contributed by atoms with Crippen molar-refractivity contribution >= 4 is 0 Å². The third-order valence-electron chi connectivity index (χ3n) is 4.38. The fourth-order valence-electron chi connectivity index (χ4n) is 2.96. The maximum Gasteiger partial charge on any atom is 0.00511 e. The van der Waals surface area contributed by atoms with E-state index in [9.17, 15) is 0 Å². The molecule has 1 aliphatic rings. The van der Waals surface area contributed by atoms with Crippen molar-refractivity contribution in [3.8, 4) is 0 Å². The van der Waals surface area contributed by atoms with Crippen LogP contribution in [0.25, 0.3) is 0 Å². The molecule has 17 heavy (non-hydrogen) atoms. The van der Waals surface area contributed by atoms with E-state index in [-0.39, 0.29) is 0 Å². The molecule has 0 aliphatic heterocycles. The van der Waals surface area contributed by atoms with Gasteiger partial charge in [-0.25, -0.2) is 0 Å². The highest BCUT2D eigenvalue weighted by Gasteiger charge is 2.14. The van der Waals surface area contributed by atoms with Crippen LogP contribution in [0.5, 0.6) is 0 Å². The predicted octanol–water partition coefficient (Wildman–Crippen LogP) is 3.41. The van der Waals surface area contributed by atoms with E-state index in [1.54, 1.807) is 0 Å². The Morgan fingerprint density at radius 2 is 1.71 bits per heavy atom. The van der Waals surface area contributed by atoms with E-state index < -0.39 is 0 Å². The molecule has 102 valence electrons. The Kier molecular flexibility index (Phi) is 7.87. The van der Waals surface area contributed by atoms with Crippen LogP contribution in [0.2, 0.25) is 0 Å². The quantitative estimate of drug-likeness (QED) is 0.704. The van der Waals surface area contributed by atoms with Crippen molar-refractivity contribution in [3.05, 3.63) is 0 Å². The predicted molar refractivity (Wildman–Crippen MR) is 76.2 cm³/mol. The first-order chi connectivity index (χ1) is 8.26. The third-order valence-corrected chi connectivity index (χ3v) is 4.38. The van der Waals surface area contributed by atoms with Gasteiger partial charge in [0.15, 0.2) is 0 Å². The van der Waals surface area contributed by atoms with Gasteiger partial charge in [0.2, 0.25) is 0 Å². The Labute approximate surface area is 108 Å². The first-order valence-corrected chi connectivity index (χ1v) is 7.74. The van der Waals surface area contributed by atoms with Gasteiger partial charge in [0.25, 0.3) is 0 Å². The van der Waals surface area contributed by atoms with Crippen LogP contribution in [-0.2, 0) is 0 Å². The van der Waals surface area contributed by atoms with Crippen molar-refractivity contribution in [2.24, 2.45) is 11.7 Å². The molecule has 2 N–H and O–H groups in total. The average molecular weight is 240 g/mol. The largest absolute Gasteiger partial charge is 0.328 e. The zero-order chi connectivity index (χ0) is 12.5. The second kappa shape index (κ2) is 8.93. The molecule has 0 spiro atoms. The molecule has 2 nitrogen and oxygen atoms in total. The van der Waals surface area contributed by atoms with E-state index in [2.05, 4.69) is 18.7 Å². The molecule has 1 fully saturated rings. The van der Waals surface area contributed by atoms with Gasteiger partial charge in [0, 0.05) is 6.04 Å². The standard InChI is InChI=1S/C15H32N2/c1-3-17(4-2)13-12-15(16)11-10-14-8-6-5-7-9-14/h14-15H,3-13,16H2,1-2H3. The van der Waals surface area contributed by atoms with Crippen LogP contribution in [-0.4, -0.2) is 30.6 Å². The van der Waals surface area contributed by atoms with E-state index in [1.807, 2.05) is 0 Å². The second-order valence-corrected chi connectivity index (χ2v) is 5.66. The van der Waals surface area contributed by atoms with Crippen molar-refractivity contribution in [1.29, 1.82) is 0 Å². The van der Waals surface area contributed by atoms with Gasteiger partial charge in [0.1, 0.15) is 0 Å². The minimum Gasteiger partial charge on any atom is -0.328 e. The van der Waals surface area contributed by atoms with Gasteiger partial charge in [-0.05, 0) is 44.8 Å².